The van der Waals surface area contributed by atoms with Crippen LogP contribution in [0.25, 0.3) is 0 Å². The Kier molecular flexibility index (Phi) is 4.98. The van der Waals surface area contributed by atoms with E-state index in [-0.39, 0.29) is 12.5 Å². The van der Waals surface area contributed by atoms with Crippen LogP contribution in [0, 0.1) is 0 Å². The van der Waals surface area contributed by atoms with E-state index in [9.17, 15) is 9.59 Å². The lowest BCUT2D eigenvalue weighted by molar-refractivity contribution is -0.116. The second kappa shape index (κ2) is 7.12. The number of benzene rings is 2. The molecule has 3 N–H and O–H groups in total. The highest BCUT2D eigenvalue weighted by Gasteiger charge is 2.09. The molecule has 0 aliphatic carbocycles. The highest BCUT2D eigenvalue weighted by Crippen LogP contribution is 2.22. The van der Waals surface area contributed by atoms with Crippen LogP contribution in [0.4, 0.5) is 10.5 Å². The van der Waals surface area contributed by atoms with Crippen molar-refractivity contribution >= 4 is 17.6 Å². The maximum absolute atomic E-state index is 11.7. The first-order chi connectivity index (χ1) is 10.5. The van der Waals surface area contributed by atoms with Gasteiger partial charge < -0.3 is 20.7 Å². The summed E-state index contributed by atoms with van der Waals surface area (Å²) < 4.78 is 5.65. The van der Waals surface area contributed by atoms with Crippen molar-refractivity contribution in [3.63, 3.8) is 0 Å². The quantitative estimate of drug-likeness (QED) is 0.889. The van der Waals surface area contributed by atoms with E-state index >= 15 is 0 Å². The lowest BCUT2D eigenvalue weighted by Crippen LogP contribution is -2.38. The fourth-order valence-corrected chi connectivity index (χ4v) is 1.72. The van der Waals surface area contributed by atoms with Crippen molar-refractivity contribution in [1.82, 2.24) is 4.90 Å². The van der Waals surface area contributed by atoms with Crippen molar-refractivity contribution in [3.8, 4) is 11.5 Å². The average molecular weight is 299 g/mol. The van der Waals surface area contributed by atoms with Crippen LogP contribution in [0.2, 0.25) is 0 Å². The molecule has 114 valence electrons. The van der Waals surface area contributed by atoms with Gasteiger partial charge in [-0.3, -0.25) is 4.79 Å². The van der Waals surface area contributed by atoms with Crippen molar-refractivity contribution in [3.05, 3.63) is 54.6 Å². The third-order valence-electron chi connectivity index (χ3n) is 2.87. The molecule has 2 aromatic carbocycles. The minimum Gasteiger partial charge on any atom is -0.457 e. The average Bonchev–Trinajstić information content (AvgIpc) is 2.50. The molecule has 0 bridgehead atoms. The number of rotatable bonds is 5. The van der Waals surface area contributed by atoms with Gasteiger partial charge in [-0.15, -0.1) is 0 Å². The van der Waals surface area contributed by atoms with Gasteiger partial charge >= 0.3 is 6.03 Å². The monoisotopic (exact) mass is 299 g/mol. The van der Waals surface area contributed by atoms with Crippen molar-refractivity contribution < 1.29 is 14.3 Å². The largest absolute Gasteiger partial charge is 0.457 e. The highest BCUT2D eigenvalue weighted by molar-refractivity contribution is 5.94. The van der Waals surface area contributed by atoms with Gasteiger partial charge in [0.05, 0.1) is 0 Å². The van der Waals surface area contributed by atoms with Crippen molar-refractivity contribution in [2.45, 2.75) is 0 Å². The molecule has 6 heteroatoms. The molecule has 0 saturated heterocycles. The number of nitrogens with one attached hydrogen (secondary N) is 1. The fraction of sp³-hybridized carbons (Fsp3) is 0.125. The highest BCUT2D eigenvalue weighted by atomic mass is 16.5. The predicted molar refractivity (Wildman–Crippen MR) is 83.8 cm³/mol. The minimum atomic E-state index is -0.651. The molecule has 2 aromatic rings. The smallest absolute Gasteiger partial charge is 0.314 e. The summed E-state index contributed by atoms with van der Waals surface area (Å²) in [4.78, 5) is 23.7. The van der Waals surface area contributed by atoms with E-state index in [0.29, 0.717) is 11.4 Å². The molecule has 0 aromatic heterocycles. The molecule has 0 saturated carbocycles. The van der Waals surface area contributed by atoms with Crippen LogP contribution >= 0.6 is 0 Å². The number of urea groups is 1. The van der Waals surface area contributed by atoms with Gasteiger partial charge in [-0.1, -0.05) is 18.2 Å². The molecule has 3 amide bonds. The second-order valence-corrected chi connectivity index (χ2v) is 4.68. The molecule has 0 atom stereocenters. The number of hydrogen-bond acceptors (Lipinski definition) is 3. The molecule has 0 radical (unpaired) electrons. The number of primary amides is 1. The summed E-state index contributed by atoms with van der Waals surface area (Å²) in [6.07, 6.45) is 0. The van der Waals surface area contributed by atoms with Crippen molar-refractivity contribution in [2.24, 2.45) is 5.73 Å². The molecule has 0 spiro atoms. The van der Waals surface area contributed by atoms with E-state index < -0.39 is 6.03 Å². The van der Waals surface area contributed by atoms with E-state index in [2.05, 4.69) is 5.32 Å². The first-order valence-corrected chi connectivity index (χ1v) is 6.68. The van der Waals surface area contributed by atoms with E-state index in [4.69, 9.17) is 10.5 Å². The molecular weight excluding hydrogens is 282 g/mol. The zero-order valence-electron chi connectivity index (χ0n) is 12.2. The first-order valence-electron chi connectivity index (χ1n) is 6.68. The number of nitrogens with zero attached hydrogens (tertiary/aromatic N) is 1. The standard InChI is InChI=1S/C16H17N3O3/c1-19(16(17)21)11-15(20)18-12-7-9-14(10-8-12)22-13-5-3-2-4-6-13/h2-10H,11H2,1H3,(H2,17,21)(H,18,20). The normalized spacial score (nSPS) is 9.86. The molecule has 0 aliphatic heterocycles. The Morgan fingerprint density at radius 3 is 2.23 bits per heavy atom. The van der Waals surface area contributed by atoms with Gasteiger partial charge in [0.25, 0.3) is 0 Å². The van der Waals surface area contributed by atoms with Crippen LogP contribution in [0.1, 0.15) is 0 Å². The number of amides is 3. The zero-order chi connectivity index (χ0) is 15.9. The van der Waals surface area contributed by atoms with Gasteiger partial charge in [-0.2, -0.15) is 0 Å². The van der Waals surface area contributed by atoms with Gasteiger partial charge in [0.2, 0.25) is 5.91 Å². The van der Waals surface area contributed by atoms with E-state index in [0.717, 1.165) is 10.6 Å². The molecule has 0 heterocycles. The lowest BCUT2D eigenvalue weighted by atomic mass is 10.3. The van der Waals surface area contributed by atoms with Crippen molar-refractivity contribution in [1.29, 1.82) is 0 Å². The van der Waals surface area contributed by atoms with E-state index in [1.165, 1.54) is 7.05 Å². The lowest BCUT2D eigenvalue weighted by Gasteiger charge is -2.14. The number of ether oxygens (including phenoxy) is 1. The van der Waals surface area contributed by atoms with E-state index in [1.807, 2.05) is 30.3 Å². The zero-order valence-corrected chi connectivity index (χ0v) is 12.2. The van der Waals surface area contributed by atoms with Crippen molar-refractivity contribution in [2.75, 3.05) is 18.9 Å². The first kappa shape index (κ1) is 15.4. The maximum Gasteiger partial charge on any atom is 0.314 e. The van der Waals surface area contributed by atoms with E-state index in [1.54, 1.807) is 24.3 Å². The Labute approximate surface area is 128 Å². The third kappa shape index (κ3) is 4.52. The maximum atomic E-state index is 11.7. The summed E-state index contributed by atoms with van der Waals surface area (Å²) in [6, 6.07) is 15.7. The summed E-state index contributed by atoms with van der Waals surface area (Å²) in [5.74, 6) is 1.08. The van der Waals surface area contributed by atoms with Gasteiger partial charge in [0.15, 0.2) is 0 Å². The number of para-hydroxylation sites is 1. The Bertz CT molecular complexity index is 641. The molecule has 0 unspecified atom stereocenters. The predicted octanol–water partition coefficient (Wildman–Crippen LogP) is 2.43. The number of hydrogen-bond donors (Lipinski definition) is 2. The molecule has 6 nitrogen and oxygen atoms in total. The molecular formula is C16H17N3O3. The van der Waals surface area contributed by atoms with Gasteiger partial charge in [-0.05, 0) is 36.4 Å². The fourth-order valence-electron chi connectivity index (χ4n) is 1.72. The molecule has 22 heavy (non-hydrogen) atoms. The van der Waals surface area contributed by atoms with Gasteiger partial charge in [-0.25, -0.2) is 4.79 Å². The Morgan fingerprint density at radius 2 is 1.64 bits per heavy atom. The van der Waals surface area contributed by atoms with Crippen LogP contribution < -0.4 is 15.8 Å². The number of nitrogens with two attached hydrogens (primary N) is 1. The Hall–Kier alpha value is -3.02. The summed E-state index contributed by atoms with van der Waals surface area (Å²) in [7, 11) is 1.46. The Balaban J connectivity index is 1.92. The molecule has 0 fully saturated rings. The summed E-state index contributed by atoms with van der Waals surface area (Å²) in [5.41, 5.74) is 5.68. The second-order valence-electron chi connectivity index (χ2n) is 4.68. The molecule has 0 aliphatic rings. The van der Waals surface area contributed by atoms with Crippen LogP contribution in [0.5, 0.6) is 11.5 Å². The summed E-state index contributed by atoms with van der Waals surface area (Å²) in [5, 5.41) is 2.67. The minimum absolute atomic E-state index is 0.0996. The van der Waals surface area contributed by atoms with Gasteiger partial charge in [0, 0.05) is 12.7 Å². The molecule has 2 rings (SSSR count). The van der Waals surface area contributed by atoms with Crippen LogP contribution in [-0.2, 0) is 4.79 Å². The van der Waals surface area contributed by atoms with Crippen LogP contribution in [0.15, 0.2) is 54.6 Å². The number of carbonyl (C=O) groups excluding carboxylic acids is 2. The van der Waals surface area contributed by atoms with Crippen LogP contribution in [0.3, 0.4) is 0 Å². The number of carbonyl (C=O) groups is 2. The summed E-state index contributed by atoms with van der Waals surface area (Å²) in [6.45, 7) is -0.0996. The number of anilines is 1. The van der Waals surface area contributed by atoms with Crippen LogP contribution in [-0.4, -0.2) is 30.4 Å². The Morgan fingerprint density at radius 1 is 1.05 bits per heavy atom. The van der Waals surface area contributed by atoms with Gasteiger partial charge in [0.1, 0.15) is 18.0 Å². The summed E-state index contributed by atoms with van der Waals surface area (Å²) >= 11 is 0. The SMILES string of the molecule is CN(CC(=O)Nc1ccc(Oc2ccccc2)cc1)C(N)=O. The third-order valence-corrected chi connectivity index (χ3v) is 2.87. The topological polar surface area (TPSA) is 84.7 Å². The number of likely N-dealkylation sites (N-methyl/N-ethyl adjacent to an activating group) is 1.